The van der Waals surface area contributed by atoms with E-state index >= 15 is 0 Å². The molecule has 0 N–H and O–H groups in total. The van der Waals surface area contributed by atoms with Crippen molar-refractivity contribution in [1.29, 1.82) is 0 Å². The third kappa shape index (κ3) is 4.48. The molecule has 22 heavy (non-hydrogen) atoms. The Bertz CT molecular complexity index is 476. The zero-order valence-electron chi connectivity index (χ0n) is 11.6. The molecule has 1 heterocycles. The largest absolute Gasteiger partial charge is 0.435 e. The van der Waals surface area contributed by atoms with E-state index in [1.54, 1.807) is 0 Å². The SMILES string of the molecule is FC(F)(F)CCN(c1ccc(C(F)(F)F)nn1)C1CCCC1. The van der Waals surface area contributed by atoms with E-state index in [1.807, 2.05) is 0 Å². The average Bonchev–Trinajstić information content (AvgIpc) is 2.91. The predicted octanol–water partition coefficient (Wildman–Crippen LogP) is 4.20. The van der Waals surface area contributed by atoms with Crippen molar-refractivity contribution in [2.24, 2.45) is 0 Å². The number of hydrogen-bond acceptors (Lipinski definition) is 3. The topological polar surface area (TPSA) is 29.0 Å². The van der Waals surface area contributed by atoms with E-state index < -0.39 is 24.5 Å². The monoisotopic (exact) mass is 327 g/mol. The fourth-order valence-corrected chi connectivity index (χ4v) is 2.58. The van der Waals surface area contributed by atoms with E-state index in [0.717, 1.165) is 25.0 Å². The van der Waals surface area contributed by atoms with Gasteiger partial charge in [0, 0.05) is 12.6 Å². The van der Waals surface area contributed by atoms with Gasteiger partial charge in [-0.25, -0.2) is 0 Å². The van der Waals surface area contributed by atoms with E-state index in [9.17, 15) is 26.3 Å². The Balaban J connectivity index is 2.17. The zero-order valence-corrected chi connectivity index (χ0v) is 11.6. The Hall–Kier alpha value is -1.54. The molecule has 1 aromatic rings. The lowest BCUT2D eigenvalue weighted by atomic mass is 10.2. The van der Waals surface area contributed by atoms with Crippen molar-refractivity contribution in [3.63, 3.8) is 0 Å². The van der Waals surface area contributed by atoms with Gasteiger partial charge in [-0.05, 0) is 25.0 Å². The van der Waals surface area contributed by atoms with Crippen molar-refractivity contribution >= 4 is 5.82 Å². The predicted molar refractivity (Wildman–Crippen MR) is 67.3 cm³/mol. The van der Waals surface area contributed by atoms with Crippen LogP contribution in [0.3, 0.4) is 0 Å². The summed E-state index contributed by atoms with van der Waals surface area (Å²) in [5.74, 6) is 0.0594. The highest BCUT2D eigenvalue weighted by Crippen LogP contribution is 2.31. The summed E-state index contributed by atoms with van der Waals surface area (Å²) >= 11 is 0. The Morgan fingerprint density at radius 1 is 1.00 bits per heavy atom. The maximum absolute atomic E-state index is 12.5. The number of rotatable bonds is 4. The normalized spacial score (nSPS) is 17.0. The summed E-state index contributed by atoms with van der Waals surface area (Å²) in [6, 6.07) is 1.70. The van der Waals surface area contributed by atoms with Crippen molar-refractivity contribution in [2.75, 3.05) is 11.4 Å². The van der Waals surface area contributed by atoms with Gasteiger partial charge in [-0.15, -0.1) is 10.2 Å². The molecule has 9 heteroatoms. The summed E-state index contributed by atoms with van der Waals surface area (Å²) in [5.41, 5.74) is -1.15. The Kier molecular flexibility index (Phi) is 4.81. The summed E-state index contributed by atoms with van der Waals surface area (Å²) in [5, 5.41) is 6.57. The third-order valence-corrected chi connectivity index (χ3v) is 3.64. The van der Waals surface area contributed by atoms with E-state index in [1.165, 1.54) is 4.90 Å². The van der Waals surface area contributed by atoms with E-state index in [0.29, 0.717) is 12.8 Å². The second-order valence-corrected chi connectivity index (χ2v) is 5.27. The second kappa shape index (κ2) is 6.29. The van der Waals surface area contributed by atoms with Crippen LogP contribution in [0.1, 0.15) is 37.8 Å². The molecule has 0 amide bonds. The van der Waals surface area contributed by atoms with Gasteiger partial charge in [-0.3, -0.25) is 0 Å². The number of anilines is 1. The molecule has 0 radical (unpaired) electrons. The van der Waals surface area contributed by atoms with E-state index in [4.69, 9.17) is 0 Å². The van der Waals surface area contributed by atoms with Gasteiger partial charge in [0.1, 0.15) is 0 Å². The summed E-state index contributed by atoms with van der Waals surface area (Å²) < 4.78 is 74.7. The molecule has 1 aliphatic rings. The minimum absolute atomic E-state index is 0.0594. The van der Waals surface area contributed by atoms with E-state index in [2.05, 4.69) is 10.2 Å². The van der Waals surface area contributed by atoms with Crippen LogP contribution in [0.25, 0.3) is 0 Å². The summed E-state index contributed by atoms with van der Waals surface area (Å²) in [7, 11) is 0. The van der Waals surface area contributed by atoms with Gasteiger partial charge in [0.15, 0.2) is 11.5 Å². The van der Waals surface area contributed by atoms with Crippen LogP contribution in [0.5, 0.6) is 0 Å². The molecule has 0 aliphatic heterocycles. The van der Waals surface area contributed by atoms with Gasteiger partial charge >= 0.3 is 12.4 Å². The van der Waals surface area contributed by atoms with Gasteiger partial charge in [0.25, 0.3) is 0 Å². The van der Waals surface area contributed by atoms with Crippen LogP contribution in [-0.4, -0.2) is 29.0 Å². The minimum atomic E-state index is -4.62. The molecule has 1 saturated carbocycles. The van der Waals surface area contributed by atoms with Gasteiger partial charge < -0.3 is 4.90 Å². The number of alkyl halides is 6. The molecule has 1 fully saturated rings. The first kappa shape index (κ1) is 16.8. The molecule has 0 bridgehead atoms. The van der Waals surface area contributed by atoms with Crippen molar-refractivity contribution in [3.05, 3.63) is 17.8 Å². The van der Waals surface area contributed by atoms with Crippen LogP contribution in [0.2, 0.25) is 0 Å². The minimum Gasteiger partial charge on any atom is -0.352 e. The Morgan fingerprint density at radius 3 is 2.09 bits per heavy atom. The molecule has 1 aliphatic carbocycles. The molecule has 1 aromatic heterocycles. The molecule has 0 atom stereocenters. The highest BCUT2D eigenvalue weighted by atomic mass is 19.4. The number of aromatic nitrogens is 2. The van der Waals surface area contributed by atoms with E-state index in [-0.39, 0.29) is 18.4 Å². The van der Waals surface area contributed by atoms with Crippen LogP contribution in [0.15, 0.2) is 12.1 Å². The van der Waals surface area contributed by atoms with Crippen LogP contribution in [-0.2, 0) is 6.18 Å². The van der Waals surface area contributed by atoms with Crippen molar-refractivity contribution in [3.8, 4) is 0 Å². The number of halogens is 6. The molecule has 0 unspecified atom stereocenters. The van der Waals surface area contributed by atoms with Gasteiger partial charge in [0.05, 0.1) is 6.42 Å². The lowest BCUT2D eigenvalue weighted by Crippen LogP contribution is -2.37. The molecule has 0 saturated heterocycles. The first-order chi connectivity index (χ1) is 10.2. The smallest absolute Gasteiger partial charge is 0.352 e. The Morgan fingerprint density at radius 2 is 1.64 bits per heavy atom. The van der Waals surface area contributed by atoms with Gasteiger partial charge in [-0.1, -0.05) is 12.8 Å². The highest BCUT2D eigenvalue weighted by molar-refractivity contribution is 5.39. The molecule has 0 aromatic carbocycles. The molecule has 3 nitrogen and oxygen atoms in total. The van der Waals surface area contributed by atoms with Crippen molar-refractivity contribution in [2.45, 2.75) is 50.5 Å². The zero-order chi connectivity index (χ0) is 16.4. The maximum Gasteiger partial charge on any atom is 0.435 e. The summed E-state index contributed by atoms with van der Waals surface area (Å²) in [4.78, 5) is 1.42. The fourth-order valence-electron chi connectivity index (χ4n) is 2.58. The maximum atomic E-state index is 12.5. The second-order valence-electron chi connectivity index (χ2n) is 5.27. The van der Waals surface area contributed by atoms with Crippen molar-refractivity contribution < 1.29 is 26.3 Å². The fraction of sp³-hybridized carbons (Fsp3) is 0.692. The number of hydrogen-bond donors (Lipinski definition) is 0. The molecule has 124 valence electrons. The van der Waals surface area contributed by atoms with Crippen LogP contribution in [0, 0.1) is 0 Å². The van der Waals surface area contributed by atoms with Crippen LogP contribution < -0.4 is 4.90 Å². The first-order valence-electron chi connectivity index (χ1n) is 6.91. The average molecular weight is 327 g/mol. The number of nitrogens with zero attached hydrogens (tertiary/aromatic N) is 3. The summed E-state index contributed by atoms with van der Waals surface area (Å²) in [6.45, 7) is -0.325. The molecular weight excluding hydrogens is 312 g/mol. The first-order valence-corrected chi connectivity index (χ1v) is 6.91. The summed E-state index contributed by atoms with van der Waals surface area (Å²) in [6.07, 6.45) is -6.78. The molecule has 2 rings (SSSR count). The quantitative estimate of drug-likeness (QED) is 0.776. The van der Waals surface area contributed by atoms with Crippen LogP contribution >= 0.6 is 0 Å². The van der Waals surface area contributed by atoms with Gasteiger partial charge in [-0.2, -0.15) is 26.3 Å². The molecule has 0 spiro atoms. The Labute approximate surface area is 123 Å². The van der Waals surface area contributed by atoms with Gasteiger partial charge in [0.2, 0.25) is 0 Å². The van der Waals surface area contributed by atoms with Crippen molar-refractivity contribution in [1.82, 2.24) is 10.2 Å². The van der Waals surface area contributed by atoms with Crippen LogP contribution in [0.4, 0.5) is 32.2 Å². The lowest BCUT2D eigenvalue weighted by molar-refractivity contribution is -0.141. The lowest BCUT2D eigenvalue weighted by Gasteiger charge is -2.30. The molecular formula is C13H15F6N3. The highest BCUT2D eigenvalue weighted by Gasteiger charge is 2.34. The standard InChI is InChI=1S/C13H15F6N3/c14-12(15,16)7-8-22(9-3-1-2-4-9)11-6-5-10(20-21-11)13(17,18)19/h5-6,9H,1-4,7-8H2. The third-order valence-electron chi connectivity index (χ3n) is 3.64.